The van der Waals surface area contributed by atoms with Crippen LogP contribution in [0, 0.1) is 0 Å². The van der Waals surface area contributed by atoms with Gasteiger partial charge in [0, 0.05) is 20.0 Å². The van der Waals surface area contributed by atoms with Gasteiger partial charge in [0.15, 0.2) is 5.72 Å². The lowest BCUT2D eigenvalue weighted by Crippen LogP contribution is -2.38. The molecule has 2 saturated heterocycles. The van der Waals surface area contributed by atoms with E-state index >= 15 is 0 Å². The average Bonchev–Trinajstić information content (AvgIpc) is 2.58. The van der Waals surface area contributed by atoms with Crippen molar-refractivity contribution in [1.82, 2.24) is 5.23 Å². The molecular formula is C7H12ClNO3. The molecule has 0 bridgehead atoms. The summed E-state index contributed by atoms with van der Waals surface area (Å²) in [5, 5.41) is 1.46. The number of alkyl halides is 1. The first-order valence-electron chi connectivity index (χ1n) is 4.02. The van der Waals surface area contributed by atoms with Crippen LogP contribution in [0.3, 0.4) is 0 Å². The molecule has 0 radical (unpaired) electrons. The third kappa shape index (κ3) is 1.15. The minimum atomic E-state index is -0.375. The van der Waals surface area contributed by atoms with Crippen molar-refractivity contribution >= 4 is 11.6 Å². The van der Waals surface area contributed by atoms with Gasteiger partial charge in [-0.15, -0.1) is 11.6 Å². The molecule has 2 aliphatic rings. The Labute approximate surface area is 76.2 Å². The number of rotatable bonds is 2. The highest BCUT2D eigenvalue weighted by atomic mass is 35.5. The molecule has 2 fully saturated rings. The van der Waals surface area contributed by atoms with Gasteiger partial charge < -0.3 is 4.74 Å². The van der Waals surface area contributed by atoms with Crippen molar-refractivity contribution in [3.05, 3.63) is 0 Å². The summed E-state index contributed by atoms with van der Waals surface area (Å²) in [5.74, 6) is 0.477. The summed E-state index contributed by atoms with van der Waals surface area (Å²) in [5.41, 5.74) is -0.375. The van der Waals surface area contributed by atoms with Gasteiger partial charge >= 0.3 is 0 Å². The Hall–Kier alpha value is 0.130. The second-order valence-corrected chi connectivity index (χ2v) is 3.39. The molecule has 0 aromatic carbocycles. The van der Waals surface area contributed by atoms with E-state index in [0.29, 0.717) is 12.5 Å². The maximum absolute atomic E-state index is 5.68. The minimum Gasteiger partial charge on any atom is -0.359 e. The van der Waals surface area contributed by atoms with Gasteiger partial charge in [-0.2, -0.15) is 0 Å². The van der Waals surface area contributed by atoms with E-state index in [2.05, 4.69) is 0 Å². The lowest BCUT2D eigenvalue weighted by Gasteiger charge is -2.24. The lowest BCUT2D eigenvalue weighted by atomic mass is 10.1. The van der Waals surface area contributed by atoms with Crippen LogP contribution >= 0.6 is 11.6 Å². The fourth-order valence-corrected chi connectivity index (χ4v) is 1.84. The molecule has 12 heavy (non-hydrogen) atoms. The van der Waals surface area contributed by atoms with Crippen molar-refractivity contribution in [1.29, 1.82) is 0 Å². The van der Waals surface area contributed by atoms with E-state index in [0.717, 1.165) is 12.8 Å². The predicted octanol–water partition coefficient (Wildman–Crippen LogP) is 0.909. The molecule has 0 N–H and O–H groups in total. The normalized spacial score (nSPS) is 42.0. The van der Waals surface area contributed by atoms with Gasteiger partial charge in [-0.25, -0.2) is 0 Å². The zero-order valence-corrected chi connectivity index (χ0v) is 7.71. The topological polar surface area (TPSA) is 30.9 Å². The number of hydrogen-bond acceptors (Lipinski definition) is 4. The maximum Gasteiger partial charge on any atom is 0.175 e. The Morgan fingerprint density at radius 2 is 2.58 bits per heavy atom. The van der Waals surface area contributed by atoms with Crippen molar-refractivity contribution in [3.8, 4) is 0 Å². The van der Waals surface area contributed by atoms with Gasteiger partial charge in [0.25, 0.3) is 0 Å². The molecule has 0 aromatic rings. The highest BCUT2D eigenvalue weighted by molar-refractivity contribution is 6.18. The monoisotopic (exact) mass is 193 g/mol. The largest absolute Gasteiger partial charge is 0.359 e. The van der Waals surface area contributed by atoms with Crippen molar-refractivity contribution in [2.24, 2.45) is 0 Å². The van der Waals surface area contributed by atoms with Crippen LogP contribution in [-0.2, 0) is 14.4 Å². The van der Waals surface area contributed by atoms with Crippen molar-refractivity contribution in [3.63, 3.8) is 0 Å². The molecule has 2 rings (SSSR count). The van der Waals surface area contributed by atoms with Gasteiger partial charge in [0.1, 0.15) is 0 Å². The third-order valence-electron chi connectivity index (χ3n) is 2.38. The van der Waals surface area contributed by atoms with Crippen LogP contribution < -0.4 is 0 Å². The summed E-state index contributed by atoms with van der Waals surface area (Å²) in [7, 11) is 1.67. The van der Waals surface area contributed by atoms with Crippen LogP contribution in [-0.4, -0.2) is 36.7 Å². The van der Waals surface area contributed by atoms with E-state index in [1.807, 2.05) is 0 Å². The van der Waals surface area contributed by atoms with E-state index in [9.17, 15) is 0 Å². The van der Waals surface area contributed by atoms with E-state index in [4.69, 9.17) is 26.0 Å². The Balaban J connectivity index is 2.09. The lowest BCUT2D eigenvalue weighted by molar-refractivity contribution is -0.390. The standard InChI is InChI=1S/C7H12ClNO3/c1-10-7-2-3-11-9(7)12-6(4-7)5-8/h6H,2-5H2,1H3. The number of methoxy groups -OCH3 is 1. The van der Waals surface area contributed by atoms with Crippen LogP contribution in [0.4, 0.5) is 0 Å². The Morgan fingerprint density at radius 3 is 3.17 bits per heavy atom. The maximum atomic E-state index is 5.68. The second kappa shape index (κ2) is 3.12. The third-order valence-corrected chi connectivity index (χ3v) is 2.72. The molecule has 0 saturated carbocycles. The van der Waals surface area contributed by atoms with E-state index in [1.165, 1.54) is 5.23 Å². The first kappa shape index (κ1) is 8.72. The number of ether oxygens (including phenoxy) is 1. The van der Waals surface area contributed by atoms with Crippen LogP contribution in [0.5, 0.6) is 0 Å². The van der Waals surface area contributed by atoms with Crippen molar-refractivity contribution in [2.75, 3.05) is 19.6 Å². The highest BCUT2D eigenvalue weighted by Crippen LogP contribution is 2.39. The van der Waals surface area contributed by atoms with Gasteiger partial charge in [0.05, 0.1) is 18.6 Å². The number of nitrogens with zero attached hydrogens (tertiary/aromatic N) is 1. The summed E-state index contributed by atoms with van der Waals surface area (Å²) in [4.78, 5) is 10.6. The number of fused-ring (bicyclic) bond motifs is 1. The Kier molecular flexibility index (Phi) is 2.27. The van der Waals surface area contributed by atoms with Crippen molar-refractivity contribution < 1.29 is 14.4 Å². The molecule has 0 amide bonds. The summed E-state index contributed by atoms with van der Waals surface area (Å²) >= 11 is 5.68. The first-order chi connectivity index (χ1) is 5.80. The fraction of sp³-hybridized carbons (Fsp3) is 1.00. The van der Waals surface area contributed by atoms with Gasteiger partial charge in [0.2, 0.25) is 0 Å². The highest BCUT2D eigenvalue weighted by Gasteiger charge is 2.52. The van der Waals surface area contributed by atoms with E-state index < -0.39 is 0 Å². The smallest absolute Gasteiger partial charge is 0.175 e. The van der Waals surface area contributed by atoms with Crippen LogP contribution in [0.15, 0.2) is 0 Å². The molecule has 70 valence electrons. The quantitative estimate of drug-likeness (QED) is 0.610. The fourth-order valence-electron chi connectivity index (χ4n) is 1.67. The molecule has 4 nitrogen and oxygen atoms in total. The number of halogens is 1. The summed E-state index contributed by atoms with van der Waals surface area (Å²) in [6.07, 6.45) is 1.65. The molecule has 2 heterocycles. The SMILES string of the molecule is COC12CCON1OC(CCl)C2. The molecule has 2 unspecified atom stereocenters. The van der Waals surface area contributed by atoms with Gasteiger partial charge in [-0.1, -0.05) is 0 Å². The van der Waals surface area contributed by atoms with E-state index in [1.54, 1.807) is 7.11 Å². The molecule has 0 spiro atoms. The predicted molar refractivity (Wildman–Crippen MR) is 42.4 cm³/mol. The molecule has 2 atom stereocenters. The summed E-state index contributed by atoms with van der Waals surface area (Å²) < 4.78 is 5.37. The molecule has 0 aliphatic carbocycles. The van der Waals surface area contributed by atoms with Gasteiger partial charge in [-0.3, -0.25) is 9.68 Å². The molecule has 2 aliphatic heterocycles. The van der Waals surface area contributed by atoms with E-state index in [-0.39, 0.29) is 11.8 Å². The zero-order valence-electron chi connectivity index (χ0n) is 6.96. The molecule has 5 heteroatoms. The number of hydrogen-bond donors (Lipinski definition) is 0. The molecular weight excluding hydrogens is 182 g/mol. The Bertz CT molecular complexity index is 180. The Morgan fingerprint density at radius 1 is 1.75 bits per heavy atom. The summed E-state index contributed by atoms with van der Waals surface area (Å²) in [6, 6.07) is 0. The van der Waals surface area contributed by atoms with Crippen LogP contribution in [0.25, 0.3) is 0 Å². The minimum absolute atomic E-state index is 0.0203. The first-order valence-corrected chi connectivity index (χ1v) is 4.55. The van der Waals surface area contributed by atoms with Crippen LogP contribution in [0.2, 0.25) is 0 Å². The van der Waals surface area contributed by atoms with Gasteiger partial charge in [-0.05, 0) is 5.23 Å². The number of hydroxylamine groups is 2. The molecule has 0 aromatic heterocycles. The van der Waals surface area contributed by atoms with Crippen molar-refractivity contribution in [2.45, 2.75) is 24.7 Å². The average molecular weight is 194 g/mol. The van der Waals surface area contributed by atoms with Crippen LogP contribution in [0.1, 0.15) is 12.8 Å². The second-order valence-electron chi connectivity index (χ2n) is 3.08. The zero-order chi connectivity index (χ0) is 8.60. The summed E-state index contributed by atoms with van der Waals surface area (Å²) in [6.45, 7) is 0.656.